The van der Waals surface area contributed by atoms with Crippen LogP contribution in [0, 0.1) is 0 Å². The highest BCUT2D eigenvalue weighted by Crippen LogP contribution is 2.13. The standard InChI is InChI=1S/C16H20N4O3/c1-2-23-16(22)19-9-6-12(7-10-19)18-15(21)13-4-3-5-14-17-8-11-20(13)14/h3-5,8,11-12H,2,6-7,9-10H2,1H3,(H,18,21). The van der Waals surface area contributed by atoms with E-state index in [-0.39, 0.29) is 18.0 Å². The summed E-state index contributed by atoms with van der Waals surface area (Å²) in [5.74, 6) is -0.122. The van der Waals surface area contributed by atoms with E-state index in [0.29, 0.717) is 25.4 Å². The maximum absolute atomic E-state index is 12.5. The molecular weight excluding hydrogens is 296 g/mol. The Morgan fingerprint density at radius 3 is 2.87 bits per heavy atom. The van der Waals surface area contributed by atoms with Gasteiger partial charge in [0.2, 0.25) is 0 Å². The third-order valence-electron chi connectivity index (χ3n) is 4.02. The highest BCUT2D eigenvalue weighted by atomic mass is 16.6. The third-order valence-corrected chi connectivity index (χ3v) is 4.02. The first kappa shape index (κ1) is 15.3. The second-order valence-electron chi connectivity index (χ2n) is 5.50. The molecule has 2 amide bonds. The van der Waals surface area contributed by atoms with E-state index >= 15 is 0 Å². The first-order valence-corrected chi connectivity index (χ1v) is 7.83. The third kappa shape index (κ3) is 3.28. The van der Waals surface area contributed by atoms with Crippen LogP contribution < -0.4 is 5.32 Å². The monoisotopic (exact) mass is 316 g/mol. The summed E-state index contributed by atoms with van der Waals surface area (Å²) >= 11 is 0. The van der Waals surface area contributed by atoms with Gasteiger partial charge >= 0.3 is 6.09 Å². The van der Waals surface area contributed by atoms with Crippen molar-refractivity contribution in [3.63, 3.8) is 0 Å². The Bertz CT molecular complexity index is 704. The number of carbonyl (C=O) groups is 2. The Morgan fingerprint density at radius 2 is 2.13 bits per heavy atom. The van der Waals surface area contributed by atoms with Crippen molar-refractivity contribution < 1.29 is 14.3 Å². The molecule has 7 heteroatoms. The van der Waals surface area contributed by atoms with Crippen LogP contribution >= 0.6 is 0 Å². The van der Waals surface area contributed by atoms with Crippen LogP contribution in [0.5, 0.6) is 0 Å². The predicted octanol–water partition coefficient (Wildman–Crippen LogP) is 1.68. The number of pyridine rings is 1. The summed E-state index contributed by atoms with van der Waals surface area (Å²) in [7, 11) is 0. The van der Waals surface area contributed by atoms with Gasteiger partial charge in [0.1, 0.15) is 11.3 Å². The number of hydrogen-bond acceptors (Lipinski definition) is 4. The first-order valence-electron chi connectivity index (χ1n) is 7.83. The van der Waals surface area contributed by atoms with E-state index in [9.17, 15) is 9.59 Å². The fraction of sp³-hybridized carbons (Fsp3) is 0.438. The van der Waals surface area contributed by atoms with Gasteiger partial charge in [0, 0.05) is 31.5 Å². The Balaban J connectivity index is 1.59. The summed E-state index contributed by atoms with van der Waals surface area (Å²) in [6, 6.07) is 5.51. The minimum atomic E-state index is -0.277. The second-order valence-corrected chi connectivity index (χ2v) is 5.50. The highest BCUT2D eigenvalue weighted by molar-refractivity contribution is 5.93. The Kier molecular flexibility index (Phi) is 4.45. The van der Waals surface area contributed by atoms with Crippen molar-refractivity contribution in [2.24, 2.45) is 0 Å². The van der Waals surface area contributed by atoms with Crippen LogP contribution in [0.15, 0.2) is 30.6 Å². The van der Waals surface area contributed by atoms with E-state index in [0.717, 1.165) is 18.5 Å². The predicted molar refractivity (Wildman–Crippen MR) is 84.3 cm³/mol. The molecule has 1 aliphatic rings. The molecule has 2 aromatic heterocycles. The summed E-state index contributed by atoms with van der Waals surface area (Å²) in [5.41, 5.74) is 1.31. The van der Waals surface area contributed by atoms with Crippen molar-refractivity contribution in [2.75, 3.05) is 19.7 Å². The number of amides is 2. The Hall–Kier alpha value is -2.57. The van der Waals surface area contributed by atoms with E-state index in [1.54, 1.807) is 34.7 Å². The van der Waals surface area contributed by atoms with Gasteiger partial charge in [0.25, 0.3) is 5.91 Å². The lowest BCUT2D eigenvalue weighted by Crippen LogP contribution is -2.46. The van der Waals surface area contributed by atoms with E-state index in [1.807, 2.05) is 12.1 Å². The van der Waals surface area contributed by atoms with Gasteiger partial charge in [0.15, 0.2) is 0 Å². The summed E-state index contributed by atoms with van der Waals surface area (Å²) in [6.07, 6.45) is 4.62. The lowest BCUT2D eigenvalue weighted by atomic mass is 10.1. The molecule has 0 aliphatic carbocycles. The summed E-state index contributed by atoms with van der Waals surface area (Å²) in [4.78, 5) is 30.0. The fourth-order valence-corrected chi connectivity index (χ4v) is 2.81. The molecule has 0 atom stereocenters. The van der Waals surface area contributed by atoms with Crippen LogP contribution in [0.2, 0.25) is 0 Å². The van der Waals surface area contributed by atoms with E-state index in [4.69, 9.17) is 4.74 Å². The van der Waals surface area contributed by atoms with E-state index in [2.05, 4.69) is 10.3 Å². The van der Waals surface area contributed by atoms with Gasteiger partial charge in [-0.2, -0.15) is 0 Å². The molecule has 0 spiro atoms. The van der Waals surface area contributed by atoms with Crippen molar-refractivity contribution in [3.8, 4) is 0 Å². The van der Waals surface area contributed by atoms with Gasteiger partial charge in [-0.25, -0.2) is 9.78 Å². The second kappa shape index (κ2) is 6.68. The zero-order valence-electron chi connectivity index (χ0n) is 13.1. The molecule has 1 aliphatic heterocycles. The molecule has 1 saturated heterocycles. The molecule has 0 bridgehead atoms. The maximum atomic E-state index is 12.5. The zero-order chi connectivity index (χ0) is 16.2. The maximum Gasteiger partial charge on any atom is 0.409 e. The lowest BCUT2D eigenvalue weighted by molar-refractivity contribution is 0.0856. The minimum absolute atomic E-state index is 0.0620. The molecule has 7 nitrogen and oxygen atoms in total. The molecule has 0 unspecified atom stereocenters. The summed E-state index contributed by atoms with van der Waals surface area (Å²) in [6.45, 7) is 3.37. The van der Waals surface area contributed by atoms with Crippen LogP contribution in [-0.4, -0.2) is 52.0 Å². The van der Waals surface area contributed by atoms with Crippen LogP contribution in [0.25, 0.3) is 5.65 Å². The van der Waals surface area contributed by atoms with Gasteiger partial charge in [-0.1, -0.05) is 6.07 Å². The van der Waals surface area contributed by atoms with Gasteiger partial charge < -0.3 is 15.0 Å². The van der Waals surface area contributed by atoms with Crippen molar-refractivity contribution >= 4 is 17.6 Å². The SMILES string of the molecule is CCOC(=O)N1CCC(NC(=O)c2cccc3nccn23)CC1. The molecule has 1 fully saturated rings. The van der Waals surface area contributed by atoms with E-state index < -0.39 is 0 Å². The van der Waals surface area contributed by atoms with Crippen molar-refractivity contribution in [1.82, 2.24) is 19.6 Å². The molecule has 1 N–H and O–H groups in total. The average molecular weight is 316 g/mol. The van der Waals surface area contributed by atoms with Gasteiger partial charge in [-0.3, -0.25) is 9.20 Å². The van der Waals surface area contributed by atoms with Crippen molar-refractivity contribution in [2.45, 2.75) is 25.8 Å². The lowest BCUT2D eigenvalue weighted by Gasteiger charge is -2.31. The number of nitrogens with one attached hydrogen (secondary N) is 1. The molecule has 2 aromatic rings. The molecule has 0 radical (unpaired) electrons. The summed E-state index contributed by atoms with van der Waals surface area (Å²) < 4.78 is 6.76. The van der Waals surface area contributed by atoms with Gasteiger partial charge in [-0.05, 0) is 31.9 Å². The molecule has 122 valence electrons. The Morgan fingerprint density at radius 1 is 1.35 bits per heavy atom. The van der Waals surface area contributed by atoms with Crippen LogP contribution in [-0.2, 0) is 4.74 Å². The van der Waals surface area contributed by atoms with E-state index in [1.165, 1.54) is 0 Å². The summed E-state index contributed by atoms with van der Waals surface area (Å²) in [5, 5.41) is 3.04. The average Bonchev–Trinajstić information content (AvgIpc) is 3.04. The van der Waals surface area contributed by atoms with Crippen molar-refractivity contribution in [1.29, 1.82) is 0 Å². The number of carbonyl (C=O) groups excluding carboxylic acids is 2. The highest BCUT2D eigenvalue weighted by Gasteiger charge is 2.25. The fourth-order valence-electron chi connectivity index (χ4n) is 2.81. The smallest absolute Gasteiger partial charge is 0.409 e. The minimum Gasteiger partial charge on any atom is -0.450 e. The zero-order valence-corrected chi connectivity index (χ0v) is 13.1. The molecule has 0 aromatic carbocycles. The van der Waals surface area contributed by atoms with Gasteiger partial charge in [-0.15, -0.1) is 0 Å². The topological polar surface area (TPSA) is 75.9 Å². The van der Waals surface area contributed by atoms with Crippen LogP contribution in [0.1, 0.15) is 30.3 Å². The molecular formula is C16H20N4O3. The van der Waals surface area contributed by atoms with Gasteiger partial charge in [0.05, 0.1) is 6.61 Å². The number of aromatic nitrogens is 2. The molecule has 3 heterocycles. The number of rotatable bonds is 3. The number of ether oxygens (including phenoxy) is 1. The molecule has 23 heavy (non-hydrogen) atoms. The largest absolute Gasteiger partial charge is 0.450 e. The molecule has 3 rings (SSSR count). The van der Waals surface area contributed by atoms with Crippen molar-refractivity contribution in [3.05, 3.63) is 36.3 Å². The Labute approximate surface area is 134 Å². The number of likely N-dealkylation sites (tertiary alicyclic amines) is 1. The quantitative estimate of drug-likeness (QED) is 0.935. The number of imidazole rings is 1. The normalized spacial score (nSPS) is 15.6. The van der Waals surface area contributed by atoms with Crippen LogP contribution in [0.3, 0.4) is 0 Å². The molecule has 0 saturated carbocycles. The number of nitrogens with zero attached hydrogens (tertiary/aromatic N) is 3. The number of hydrogen-bond donors (Lipinski definition) is 1. The van der Waals surface area contributed by atoms with Crippen LogP contribution in [0.4, 0.5) is 4.79 Å². The first-order chi connectivity index (χ1) is 11.2. The number of piperidine rings is 1. The number of fused-ring (bicyclic) bond motifs is 1.